The van der Waals surface area contributed by atoms with Crippen LogP contribution in [-0.4, -0.2) is 36.7 Å². The van der Waals surface area contributed by atoms with Crippen molar-refractivity contribution in [1.82, 2.24) is 4.57 Å². The number of carbonyl (C=O) groups is 2. The number of thiazole rings is 1. The van der Waals surface area contributed by atoms with Gasteiger partial charge in [-0.2, -0.15) is 0 Å². The zero-order chi connectivity index (χ0) is 25.7. The third-order valence-corrected chi connectivity index (χ3v) is 7.33. The first-order chi connectivity index (χ1) is 17.2. The molecule has 1 unspecified atom stereocenters. The lowest BCUT2D eigenvalue weighted by molar-refractivity contribution is -0.143. The molecule has 0 bridgehead atoms. The Bertz CT molecular complexity index is 1610. The number of esters is 1. The van der Waals surface area contributed by atoms with Gasteiger partial charge in [-0.25, -0.2) is 9.79 Å². The van der Waals surface area contributed by atoms with E-state index in [9.17, 15) is 14.4 Å². The monoisotopic (exact) mass is 503 g/mol. The predicted molar refractivity (Wildman–Crippen MR) is 137 cm³/mol. The quantitative estimate of drug-likeness (QED) is 0.511. The van der Waals surface area contributed by atoms with Crippen LogP contribution >= 0.6 is 11.3 Å². The molecule has 0 spiro atoms. The molecule has 9 heteroatoms. The zero-order valence-corrected chi connectivity index (χ0v) is 21.4. The summed E-state index contributed by atoms with van der Waals surface area (Å²) in [5.74, 6) is -0.138. The van der Waals surface area contributed by atoms with E-state index in [1.165, 1.54) is 4.57 Å². The molecular formula is C27H25N3O5S. The smallest absolute Gasteiger partial charge is 0.338 e. The summed E-state index contributed by atoms with van der Waals surface area (Å²) in [7, 11) is 3.26. The van der Waals surface area contributed by atoms with Crippen molar-refractivity contribution >= 4 is 34.5 Å². The number of methoxy groups -OCH3 is 1. The van der Waals surface area contributed by atoms with Crippen LogP contribution < -0.4 is 24.5 Å². The number of benzene rings is 2. The molecule has 2 aliphatic rings. The minimum absolute atomic E-state index is 0.252. The van der Waals surface area contributed by atoms with Crippen LogP contribution in [0.1, 0.15) is 37.9 Å². The summed E-state index contributed by atoms with van der Waals surface area (Å²) < 4.78 is 12.6. The fourth-order valence-electron chi connectivity index (χ4n) is 4.60. The molecule has 36 heavy (non-hydrogen) atoms. The summed E-state index contributed by atoms with van der Waals surface area (Å²) in [4.78, 5) is 47.0. The molecule has 2 aromatic carbocycles. The number of amides is 1. The number of hydrogen-bond acceptors (Lipinski definition) is 7. The molecule has 1 atom stereocenters. The molecule has 8 nitrogen and oxygen atoms in total. The molecule has 1 amide bonds. The third kappa shape index (κ3) is 3.67. The molecule has 0 saturated heterocycles. The normalized spacial score (nSPS) is 18.2. The van der Waals surface area contributed by atoms with Crippen LogP contribution in [0.3, 0.4) is 0 Å². The van der Waals surface area contributed by atoms with Crippen molar-refractivity contribution in [1.29, 1.82) is 0 Å². The third-order valence-electron chi connectivity index (χ3n) is 6.27. The van der Waals surface area contributed by atoms with E-state index in [0.29, 0.717) is 37.5 Å². The second-order valence-corrected chi connectivity index (χ2v) is 9.86. The topological polar surface area (TPSA) is 90.2 Å². The molecule has 3 heterocycles. The van der Waals surface area contributed by atoms with Gasteiger partial charge in [0.05, 0.1) is 41.8 Å². The molecule has 0 N–H and O–H groups in total. The van der Waals surface area contributed by atoms with Crippen LogP contribution in [0.5, 0.6) is 5.75 Å². The highest BCUT2D eigenvalue weighted by Gasteiger charge is 2.36. The van der Waals surface area contributed by atoms with E-state index in [0.717, 1.165) is 17.0 Å². The Labute approximate surface area is 211 Å². The van der Waals surface area contributed by atoms with Gasteiger partial charge in [0.1, 0.15) is 10.3 Å². The molecule has 3 aromatic rings. The van der Waals surface area contributed by atoms with Crippen LogP contribution in [0.15, 0.2) is 69.6 Å². The average Bonchev–Trinajstić information content (AvgIpc) is 3.30. The van der Waals surface area contributed by atoms with Crippen molar-refractivity contribution < 1.29 is 19.1 Å². The number of likely N-dealkylation sites (N-methyl/N-ethyl adjacent to an activating group) is 1. The van der Waals surface area contributed by atoms with Crippen molar-refractivity contribution in [3.63, 3.8) is 0 Å². The summed E-state index contributed by atoms with van der Waals surface area (Å²) in [6.07, 6.45) is -0.343. The Balaban J connectivity index is 1.80. The summed E-state index contributed by atoms with van der Waals surface area (Å²) in [6.45, 7) is 5.28. The van der Waals surface area contributed by atoms with Crippen LogP contribution in [0.2, 0.25) is 0 Å². The van der Waals surface area contributed by atoms with Crippen LogP contribution in [0, 0.1) is 0 Å². The predicted octanol–water partition coefficient (Wildman–Crippen LogP) is 2.54. The van der Waals surface area contributed by atoms with Gasteiger partial charge in [-0.3, -0.25) is 14.2 Å². The minimum atomic E-state index is -0.766. The van der Waals surface area contributed by atoms with Gasteiger partial charge < -0.3 is 14.4 Å². The summed E-state index contributed by atoms with van der Waals surface area (Å²) in [6, 6.07) is 13.8. The van der Waals surface area contributed by atoms with Gasteiger partial charge in [-0.05, 0) is 44.5 Å². The molecule has 184 valence electrons. The summed E-state index contributed by atoms with van der Waals surface area (Å²) >= 11 is 1.15. The number of nitrogens with zero attached hydrogens (tertiary/aromatic N) is 3. The van der Waals surface area contributed by atoms with Gasteiger partial charge >= 0.3 is 5.97 Å². The Morgan fingerprint density at radius 1 is 1.08 bits per heavy atom. The Morgan fingerprint density at radius 2 is 1.78 bits per heavy atom. The number of rotatable bonds is 4. The van der Waals surface area contributed by atoms with Crippen LogP contribution in [0.4, 0.5) is 5.69 Å². The maximum Gasteiger partial charge on any atom is 0.338 e. The largest absolute Gasteiger partial charge is 0.497 e. The molecule has 0 fully saturated rings. The van der Waals surface area contributed by atoms with Crippen molar-refractivity contribution in [2.75, 3.05) is 19.1 Å². The molecule has 5 rings (SSSR count). The van der Waals surface area contributed by atoms with E-state index in [4.69, 9.17) is 9.47 Å². The highest BCUT2D eigenvalue weighted by Crippen LogP contribution is 2.35. The standard InChI is InChI=1S/C27H25N3O5S/c1-14(2)35-26(33)20-15(3)28-27-30(22(20)16-10-12-17(34-5)13-11-16)25(32)23(36-27)21-18-8-6-7-9-19(18)29(4)24(21)31/h6-14,22H,1-5H3/b23-21-. The van der Waals surface area contributed by atoms with Gasteiger partial charge in [-0.15, -0.1) is 0 Å². The summed E-state index contributed by atoms with van der Waals surface area (Å²) in [5.41, 5.74) is 2.86. The lowest BCUT2D eigenvalue weighted by Gasteiger charge is -2.25. The minimum Gasteiger partial charge on any atom is -0.497 e. The number of hydrogen-bond donors (Lipinski definition) is 0. The first kappa shape index (κ1) is 23.7. The second kappa shape index (κ2) is 8.91. The molecule has 0 aliphatic carbocycles. The van der Waals surface area contributed by atoms with E-state index in [1.807, 2.05) is 36.4 Å². The maximum atomic E-state index is 14.0. The zero-order valence-electron chi connectivity index (χ0n) is 20.6. The number of anilines is 1. The number of ether oxygens (including phenoxy) is 2. The Morgan fingerprint density at radius 3 is 2.44 bits per heavy atom. The fourth-order valence-corrected chi connectivity index (χ4v) is 5.74. The Kier molecular flexibility index (Phi) is 5.88. The van der Waals surface area contributed by atoms with Gasteiger partial charge in [0.2, 0.25) is 0 Å². The van der Waals surface area contributed by atoms with E-state index < -0.39 is 12.0 Å². The van der Waals surface area contributed by atoms with Crippen LogP contribution in [-0.2, 0) is 14.3 Å². The lowest BCUT2D eigenvalue weighted by atomic mass is 9.95. The molecule has 0 radical (unpaired) electrons. The summed E-state index contributed by atoms with van der Waals surface area (Å²) in [5, 5.41) is 0. The van der Waals surface area contributed by atoms with Gasteiger partial charge in [0.15, 0.2) is 4.80 Å². The number of aromatic nitrogens is 1. The maximum absolute atomic E-state index is 14.0. The lowest BCUT2D eigenvalue weighted by Crippen LogP contribution is -2.41. The van der Waals surface area contributed by atoms with Crippen molar-refractivity contribution in [3.05, 3.63) is 90.6 Å². The first-order valence-corrected chi connectivity index (χ1v) is 12.3. The SMILES string of the molecule is COc1ccc(C2C(C(=O)OC(C)C)=C(C)N=c3s/c(=C4\C(=O)N(C)c5ccccc54)c(=O)n32)cc1. The fraction of sp³-hybridized carbons (Fsp3) is 0.259. The van der Waals surface area contributed by atoms with Gasteiger partial charge in [-0.1, -0.05) is 41.7 Å². The van der Waals surface area contributed by atoms with E-state index >= 15 is 0 Å². The van der Waals surface area contributed by atoms with Gasteiger partial charge in [0, 0.05) is 12.6 Å². The second-order valence-electron chi connectivity index (χ2n) is 8.89. The number of carbonyl (C=O) groups excluding carboxylic acids is 2. The van der Waals surface area contributed by atoms with Crippen LogP contribution in [0.25, 0.3) is 5.57 Å². The van der Waals surface area contributed by atoms with Crippen molar-refractivity contribution in [2.24, 2.45) is 4.99 Å². The molecule has 1 aromatic heterocycles. The number of fused-ring (bicyclic) bond motifs is 2. The highest BCUT2D eigenvalue weighted by molar-refractivity contribution is 7.07. The van der Waals surface area contributed by atoms with Crippen molar-refractivity contribution in [3.8, 4) is 5.75 Å². The van der Waals surface area contributed by atoms with E-state index in [-0.39, 0.29) is 23.1 Å². The average molecular weight is 504 g/mol. The number of allylic oxidation sites excluding steroid dienone is 1. The van der Waals surface area contributed by atoms with E-state index in [2.05, 4.69) is 4.99 Å². The first-order valence-electron chi connectivity index (χ1n) is 11.5. The van der Waals surface area contributed by atoms with E-state index in [1.54, 1.807) is 52.0 Å². The Hall–Kier alpha value is -3.98. The molecule has 0 saturated carbocycles. The van der Waals surface area contributed by atoms with Crippen molar-refractivity contribution in [2.45, 2.75) is 32.9 Å². The highest BCUT2D eigenvalue weighted by atomic mass is 32.1. The number of para-hydroxylation sites is 1. The van der Waals surface area contributed by atoms with Gasteiger partial charge in [0.25, 0.3) is 11.5 Å². The molecule has 2 aliphatic heterocycles. The molecular weight excluding hydrogens is 478 g/mol.